The Morgan fingerprint density at radius 3 is 2.52 bits per heavy atom. The van der Waals surface area contributed by atoms with E-state index in [9.17, 15) is 4.79 Å². The molecule has 1 N–H and O–H groups in total. The van der Waals surface area contributed by atoms with Gasteiger partial charge in [-0.05, 0) is 32.9 Å². The SMILES string of the molecule is Cc1c(C(=O)NCC2(N3CCN(C)CC3)CCCCC2)oc2ccccc12. The number of nitrogens with zero attached hydrogens (tertiary/aromatic N) is 2. The number of furan rings is 1. The van der Waals surface area contributed by atoms with Crippen LogP contribution in [0.3, 0.4) is 0 Å². The summed E-state index contributed by atoms with van der Waals surface area (Å²) in [5, 5.41) is 4.25. The number of amides is 1. The van der Waals surface area contributed by atoms with E-state index in [1.54, 1.807) is 0 Å². The molecule has 1 aromatic carbocycles. The molecule has 2 heterocycles. The average Bonchev–Trinajstić information content (AvgIpc) is 3.04. The Balaban J connectivity index is 1.50. The second kappa shape index (κ2) is 7.64. The van der Waals surface area contributed by atoms with Crippen molar-refractivity contribution in [1.29, 1.82) is 0 Å². The molecule has 2 aromatic rings. The molecule has 2 fully saturated rings. The zero-order valence-corrected chi connectivity index (χ0v) is 16.6. The fraction of sp³-hybridized carbons (Fsp3) is 0.591. The largest absolute Gasteiger partial charge is 0.451 e. The zero-order valence-electron chi connectivity index (χ0n) is 16.6. The van der Waals surface area contributed by atoms with Crippen LogP contribution in [0.2, 0.25) is 0 Å². The van der Waals surface area contributed by atoms with Gasteiger partial charge in [-0.15, -0.1) is 0 Å². The topological polar surface area (TPSA) is 48.7 Å². The highest BCUT2D eigenvalue weighted by Crippen LogP contribution is 2.34. The van der Waals surface area contributed by atoms with Crippen molar-refractivity contribution in [1.82, 2.24) is 15.1 Å². The molecule has 2 aliphatic rings. The maximum Gasteiger partial charge on any atom is 0.287 e. The van der Waals surface area contributed by atoms with Gasteiger partial charge in [-0.1, -0.05) is 37.5 Å². The number of rotatable bonds is 4. The van der Waals surface area contributed by atoms with Crippen LogP contribution in [-0.4, -0.2) is 61.0 Å². The summed E-state index contributed by atoms with van der Waals surface area (Å²) in [6, 6.07) is 7.86. The zero-order chi connectivity index (χ0) is 18.9. The van der Waals surface area contributed by atoms with Gasteiger partial charge >= 0.3 is 0 Å². The van der Waals surface area contributed by atoms with E-state index < -0.39 is 0 Å². The lowest BCUT2D eigenvalue weighted by Crippen LogP contribution is -2.61. The number of hydrogen-bond donors (Lipinski definition) is 1. The summed E-state index contributed by atoms with van der Waals surface area (Å²) in [6.07, 6.45) is 6.18. The van der Waals surface area contributed by atoms with Gasteiger partial charge in [0.25, 0.3) is 5.91 Å². The summed E-state index contributed by atoms with van der Waals surface area (Å²) in [6.45, 7) is 7.09. The van der Waals surface area contributed by atoms with Crippen LogP contribution in [-0.2, 0) is 0 Å². The second-order valence-corrected chi connectivity index (χ2v) is 8.31. The van der Waals surface area contributed by atoms with Gasteiger partial charge in [-0.25, -0.2) is 0 Å². The van der Waals surface area contributed by atoms with Crippen LogP contribution in [0.15, 0.2) is 28.7 Å². The van der Waals surface area contributed by atoms with E-state index in [0.29, 0.717) is 12.3 Å². The first kappa shape index (κ1) is 18.5. The molecule has 146 valence electrons. The van der Waals surface area contributed by atoms with E-state index in [0.717, 1.165) is 42.7 Å². The van der Waals surface area contributed by atoms with Crippen LogP contribution in [0.5, 0.6) is 0 Å². The highest BCUT2D eigenvalue weighted by molar-refractivity contribution is 5.98. The van der Waals surface area contributed by atoms with Gasteiger partial charge in [0.15, 0.2) is 5.76 Å². The normalized spacial score (nSPS) is 21.4. The van der Waals surface area contributed by atoms with Crippen molar-refractivity contribution < 1.29 is 9.21 Å². The van der Waals surface area contributed by atoms with Gasteiger partial charge in [-0.3, -0.25) is 9.69 Å². The average molecular weight is 370 g/mol. The predicted molar refractivity (Wildman–Crippen MR) is 108 cm³/mol. The quantitative estimate of drug-likeness (QED) is 0.897. The van der Waals surface area contributed by atoms with E-state index in [1.807, 2.05) is 31.2 Å². The fourth-order valence-corrected chi connectivity index (χ4v) is 4.81. The standard InChI is InChI=1S/C22H31N3O2/c1-17-18-8-4-5-9-19(18)27-20(17)21(26)23-16-22(10-6-3-7-11-22)25-14-12-24(2)13-15-25/h4-5,8-9H,3,6-7,10-16H2,1-2H3,(H,23,26). The minimum absolute atomic E-state index is 0.0808. The maximum absolute atomic E-state index is 12.9. The molecule has 4 rings (SSSR count). The molecule has 1 saturated carbocycles. The Kier molecular flexibility index (Phi) is 5.24. The van der Waals surface area contributed by atoms with Crippen molar-refractivity contribution in [2.24, 2.45) is 0 Å². The van der Waals surface area contributed by atoms with Gasteiger partial charge in [0.05, 0.1) is 0 Å². The molecule has 0 bridgehead atoms. The summed E-state index contributed by atoms with van der Waals surface area (Å²) < 4.78 is 5.86. The lowest BCUT2D eigenvalue weighted by molar-refractivity contribution is 0.0136. The third-order valence-electron chi connectivity index (χ3n) is 6.59. The molecule has 1 amide bonds. The van der Waals surface area contributed by atoms with Crippen LogP contribution in [0.25, 0.3) is 11.0 Å². The number of hydrogen-bond acceptors (Lipinski definition) is 4. The lowest BCUT2D eigenvalue weighted by atomic mass is 9.79. The molecule has 1 aliphatic heterocycles. The second-order valence-electron chi connectivity index (χ2n) is 8.31. The fourth-order valence-electron chi connectivity index (χ4n) is 4.81. The molecule has 1 aromatic heterocycles. The highest BCUT2D eigenvalue weighted by Gasteiger charge is 2.39. The third-order valence-corrected chi connectivity index (χ3v) is 6.59. The van der Waals surface area contributed by atoms with E-state index in [2.05, 4.69) is 22.2 Å². The number of likely N-dealkylation sites (N-methyl/N-ethyl adjacent to an activating group) is 1. The molecular weight excluding hydrogens is 338 g/mol. The first-order valence-electron chi connectivity index (χ1n) is 10.3. The number of carbonyl (C=O) groups excluding carboxylic acids is 1. The molecule has 0 spiro atoms. The van der Waals surface area contributed by atoms with Crippen molar-refractivity contribution in [3.05, 3.63) is 35.6 Å². The van der Waals surface area contributed by atoms with Gasteiger partial charge < -0.3 is 14.6 Å². The molecular formula is C22H31N3O2. The van der Waals surface area contributed by atoms with Crippen LogP contribution >= 0.6 is 0 Å². The number of fused-ring (bicyclic) bond motifs is 1. The number of carbonyl (C=O) groups is 1. The Morgan fingerprint density at radius 1 is 1.11 bits per heavy atom. The van der Waals surface area contributed by atoms with Gasteiger partial charge in [0.1, 0.15) is 5.58 Å². The summed E-state index contributed by atoms with van der Waals surface area (Å²) in [5.74, 6) is 0.378. The number of aryl methyl sites for hydroxylation is 1. The highest BCUT2D eigenvalue weighted by atomic mass is 16.3. The van der Waals surface area contributed by atoms with E-state index in [-0.39, 0.29) is 11.4 Å². The summed E-state index contributed by atoms with van der Waals surface area (Å²) in [7, 11) is 2.19. The molecule has 0 unspecified atom stereocenters. The van der Waals surface area contributed by atoms with Crippen LogP contribution in [0.4, 0.5) is 0 Å². The van der Waals surface area contributed by atoms with Crippen molar-refractivity contribution in [2.75, 3.05) is 39.8 Å². The Bertz CT molecular complexity index is 799. The molecule has 27 heavy (non-hydrogen) atoms. The Labute approximate surface area is 161 Å². The lowest BCUT2D eigenvalue weighted by Gasteiger charge is -2.49. The third kappa shape index (κ3) is 3.63. The molecule has 0 radical (unpaired) electrons. The summed E-state index contributed by atoms with van der Waals surface area (Å²) >= 11 is 0. The number of piperazine rings is 1. The van der Waals surface area contributed by atoms with Gasteiger partial charge in [-0.2, -0.15) is 0 Å². The minimum Gasteiger partial charge on any atom is -0.451 e. The van der Waals surface area contributed by atoms with Crippen LogP contribution in [0.1, 0.15) is 48.2 Å². The van der Waals surface area contributed by atoms with E-state index in [4.69, 9.17) is 4.42 Å². The first-order valence-corrected chi connectivity index (χ1v) is 10.3. The monoisotopic (exact) mass is 369 g/mol. The molecule has 1 aliphatic carbocycles. The van der Waals surface area contributed by atoms with Crippen LogP contribution < -0.4 is 5.32 Å². The molecule has 0 atom stereocenters. The predicted octanol–water partition coefficient (Wildman–Crippen LogP) is 3.42. The van der Waals surface area contributed by atoms with E-state index >= 15 is 0 Å². The smallest absolute Gasteiger partial charge is 0.287 e. The summed E-state index contributed by atoms with van der Waals surface area (Å²) in [4.78, 5) is 18.0. The number of nitrogens with one attached hydrogen (secondary N) is 1. The molecule has 5 nitrogen and oxygen atoms in total. The van der Waals surface area contributed by atoms with Crippen molar-refractivity contribution in [3.8, 4) is 0 Å². The van der Waals surface area contributed by atoms with Crippen molar-refractivity contribution in [2.45, 2.75) is 44.6 Å². The van der Waals surface area contributed by atoms with Crippen molar-refractivity contribution in [3.63, 3.8) is 0 Å². The Hall–Kier alpha value is -1.85. The maximum atomic E-state index is 12.9. The first-order chi connectivity index (χ1) is 13.1. The summed E-state index contributed by atoms with van der Waals surface area (Å²) in [5.41, 5.74) is 1.82. The molecule has 1 saturated heterocycles. The number of benzene rings is 1. The van der Waals surface area contributed by atoms with Crippen molar-refractivity contribution >= 4 is 16.9 Å². The molecule has 5 heteroatoms. The minimum atomic E-state index is -0.0808. The van der Waals surface area contributed by atoms with Gasteiger partial charge in [0, 0.05) is 49.2 Å². The van der Waals surface area contributed by atoms with Gasteiger partial charge in [0.2, 0.25) is 0 Å². The number of para-hydroxylation sites is 1. The Morgan fingerprint density at radius 2 is 1.81 bits per heavy atom. The van der Waals surface area contributed by atoms with Crippen LogP contribution in [0, 0.1) is 6.92 Å². The van der Waals surface area contributed by atoms with E-state index in [1.165, 1.54) is 32.1 Å².